The summed E-state index contributed by atoms with van der Waals surface area (Å²) in [4.78, 5) is 22.8. The van der Waals surface area contributed by atoms with Crippen molar-refractivity contribution >= 4 is 11.9 Å². The highest BCUT2D eigenvalue weighted by Gasteiger charge is 2.43. The fraction of sp³-hybridized carbons (Fsp3) is 0.643. The fourth-order valence-electron chi connectivity index (χ4n) is 2.50. The van der Waals surface area contributed by atoms with Crippen molar-refractivity contribution in [2.24, 2.45) is 5.92 Å². The molecule has 0 aromatic carbocycles. The fourth-order valence-corrected chi connectivity index (χ4v) is 2.50. The van der Waals surface area contributed by atoms with Gasteiger partial charge in [-0.15, -0.1) is 0 Å². The molecule has 1 aliphatic rings. The van der Waals surface area contributed by atoms with Crippen LogP contribution in [-0.4, -0.2) is 32.8 Å². The van der Waals surface area contributed by atoms with Crippen LogP contribution in [0.25, 0.3) is 0 Å². The molecule has 0 saturated heterocycles. The first-order valence-corrected chi connectivity index (χ1v) is 7.10. The van der Waals surface area contributed by atoms with Gasteiger partial charge in [-0.05, 0) is 33.6 Å². The first-order chi connectivity index (χ1) is 10.4. The minimum atomic E-state index is -4.72. The Balaban J connectivity index is 2.21. The predicted octanol–water partition coefficient (Wildman–Crippen LogP) is 2.25. The number of carboxylic acid groups (broad SMARTS) is 1. The summed E-state index contributed by atoms with van der Waals surface area (Å²) in [5.74, 6) is -2.41. The Morgan fingerprint density at radius 2 is 1.87 bits per heavy atom. The number of aliphatic carboxylic acids is 1. The van der Waals surface area contributed by atoms with E-state index in [1.54, 1.807) is 20.8 Å². The van der Waals surface area contributed by atoms with Crippen LogP contribution in [0.3, 0.4) is 0 Å². The Labute approximate surface area is 130 Å². The number of hydrogen-bond donors (Lipinski definition) is 2. The number of nitrogens with zero attached hydrogens (tertiary/aromatic N) is 2. The highest BCUT2D eigenvalue weighted by molar-refractivity contribution is 5.95. The molecule has 1 aromatic heterocycles. The van der Waals surface area contributed by atoms with Crippen LogP contribution in [-0.2, 0) is 16.5 Å². The highest BCUT2D eigenvalue weighted by atomic mass is 19.4. The molecule has 23 heavy (non-hydrogen) atoms. The number of carboxylic acids is 1. The van der Waals surface area contributed by atoms with Gasteiger partial charge in [-0.1, -0.05) is 0 Å². The van der Waals surface area contributed by atoms with Crippen molar-refractivity contribution in [1.82, 2.24) is 15.1 Å². The molecule has 0 spiro atoms. The Kier molecular flexibility index (Phi) is 4.16. The molecule has 9 heteroatoms. The lowest BCUT2D eigenvalue weighted by Gasteiger charge is -2.32. The lowest BCUT2D eigenvalue weighted by Crippen LogP contribution is -2.47. The van der Waals surface area contributed by atoms with Gasteiger partial charge in [-0.2, -0.15) is 18.3 Å². The quantitative estimate of drug-likeness (QED) is 0.888. The molecule has 0 aliphatic heterocycles. The molecule has 128 valence electrons. The zero-order valence-electron chi connectivity index (χ0n) is 12.9. The number of rotatable bonds is 3. The Hall–Kier alpha value is -2.06. The molecule has 1 amide bonds. The number of hydrogen-bond acceptors (Lipinski definition) is 3. The third-order valence-corrected chi connectivity index (χ3v) is 3.74. The average Bonchev–Trinajstić information content (AvgIpc) is 2.76. The molecule has 0 atom stereocenters. The molecular weight excluding hydrogens is 315 g/mol. The van der Waals surface area contributed by atoms with E-state index in [2.05, 4.69) is 10.4 Å². The molecule has 2 rings (SSSR count). The van der Waals surface area contributed by atoms with Gasteiger partial charge in [0.05, 0.1) is 23.2 Å². The summed E-state index contributed by atoms with van der Waals surface area (Å²) in [7, 11) is 0. The van der Waals surface area contributed by atoms with Gasteiger partial charge in [0.15, 0.2) is 5.69 Å². The number of carbonyl (C=O) groups excluding carboxylic acids is 1. The molecule has 2 N–H and O–H groups in total. The maximum absolute atomic E-state index is 13.3. The lowest BCUT2D eigenvalue weighted by atomic mass is 9.80. The van der Waals surface area contributed by atoms with Crippen LogP contribution in [0.2, 0.25) is 0 Å². The van der Waals surface area contributed by atoms with Crippen molar-refractivity contribution in [3.05, 3.63) is 17.5 Å². The second-order valence-corrected chi connectivity index (χ2v) is 6.66. The smallest absolute Gasteiger partial charge is 0.433 e. The largest absolute Gasteiger partial charge is 0.481 e. The second-order valence-electron chi connectivity index (χ2n) is 6.66. The molecule has 0 radical (unpaired) electrons. The molecule has 0 bridgehead atoms. The molecule has 6 nitrogen and oxygen atoms in total. The summed E-state index contributed by atoms with van der Waals surface area (Å²) >= 11 is 0. The van der Waals surface area contributed by atoms with E-state index in [1.807, 2.05) is 0 Å². The Bertz CT molecular complexity index is 625. The van der Waals surface area contributed by atoms with E-state index < -0.39 is 46.8 Å². The van der Waals surface area contributed by atoms with Crippen LogP contribution >= 0.6 is 0 Å². The topological polar surface area (TPSA) is 84.2 Å². The molecule has 1 aromatic rings. The summed E-state index contributed by atoms with van der Waals surface area (Å²) in [6, 6.07) is -0.428. The normalized spacial score (nSPS) is 21.7. The van der Waals surface area contributed by atoms with Crippen LogP contribution in [0.15, 0.2) is 6.20 Å². The summed E-state index contributed by atoms with van der Waals surface area (Å²) in [6.45, 7) is 4.67. The summed E-state index contributed by atoms with van der Waals surface area (Å²) in [6.07, 6.45) is -3.39. The van der Waals surface area contributed by atoms with Gasteiger partial charge in [0.2, 0.25) is 0 Å². The van der Waals surface area contributed by atoms with Crippen LogP contribution in [0.5, 0.6) is 0 Å². The van der Waals surface area contributed by atoms with Crippen molar-refractivity contribution < 1.29 is 27.9 Å². The van der Waals surface area contributed by atoms with Crippen LogP contribution in [0.4, 0.5) is 13.2 Å². The number of halogens is 3. The highest BCUT2D eigenvalue weighted by Crippen LogP contribution is 2.35. The maximum atomic E-state index is 13.3. The van der Waals surface area contributed by atoms with Crippen LogP contribution in [0, 0.1) is 5.92 Å². The standard InChI is InChI=1S/C14H18F3N3O3/c1-13(2,3)20-10(14(15,16)17)9(6-18-20)11(21)19-8-4-7(5-8)12(22)23/h6-8H,4-5H2,1-3H3,(H,19,21)(H,22,23). The first-order valence-electron chi connectivity index (χ1n) is 7.10. The number of aromatic nitrogens is 2. The average molecular weight is 333 g/mol. The summed E-state index contributed by atoms with van der Waals surface area (Å²) in [5.41, 5.74) is -2.59. The van der Waals surface area contributed by atoms with Crippen molar-refractivity contribution in [3.63, 3.8) is 0 Å². The monoisotopic (exact) mass is 333 g/mol. The molecule has 1 aliphatic carbocycles. The maximum Gasteiger partial charge on any atom is 0.433 e. The van der Waals surface area contributed by atoms with E-state index in [0.29, 0.717) is 0 Å². The minimum absolute atomic E-state index is 0.218. The van der Waals surface area contributed by atoms with Gasteiger partial charge in [0, 0.05) is 6.04 Å². The van der Waals surface area contributed by atoms with Gasteiger partial charge < -0.3 is 10.4 Å². The number of amides is 1. The molecule has 1 heterocycles. The van der Waals surface area contributed by atoms with Gasteiger partial charge in [0.25, 0.3) is 5.91 Å². The van der Waals surface area contributed by atoms with Gasteiger partial charge >= 0.3 is 12.1 Å². The Morgan fingerprint density at radius 1 is 1.30 bits per heavy atom. The van der Waals surface area contributed by atoms with E-state index in [0.717, 1.165) is 10.9 Å². The van der Waals surface area contributed by atoms with Gasteiger partial charge in [-0.25, -0.2) is 0 Å². The SMILES string of the molecule is CC(C)(C)n1ncc(C(=O)NC2CC(C(=O)O)C2)c1C(F)(F)F. The molecular formula is C14H18F3N3O3. The van der Waals surface area contributed by atoms with E-state index >= 15 is 0 Å². The van der Waals surface area contributed by atoms with Crippen molar-refractivity contribution in [2.45, 2.75) is 51.4 Å². The van der Waals surface area contributed by atoms with Crippen molar-refractivity contribution in [2.75, 3.05) is 0 Å². The van der Waals surface area contributed by atoms with Gasteiger partial charge in [0.1, 0.15) is 0 Å². The van der Waals surface area contributed by atoms with Gasteiger partial charge in [-0.3, -0.25) is 14.3 Å². The minimum Gasteiger partial charge on any atom is -0.481 e. The molecule has 1 fully saturated rings. The van der Waals surface area contributed by atoms with E-state index in [1.165, 1.54) is 0 Å². The second kappa shape index (κ2) is 5.54. The number of nitrogens with one attached hydrogen (secondary N) is 1. The third kappa shape index (κ3) is 3.48. The zero-order valence-corrected chi connectivity index (χ0v) is 12.9. The number of carbonyl (C=O) groups is 2. The molecule has 1 saturated carbocycles. The Morgan fingerprint density at radius 3 is 2.30 bits per heavy atom. The predicted molar refractivity (Wildman–Crippen MR) is 73.8 cm³/mol. The lowest BCUT2D eigenvalue weighted by molar-refractivity contribution is -0.146. The zero-order chi connectivity index (χ0) is 17.6. The number of alkyl halides is 3. The van der Waals surface area contributed by atoms with Crippen molar-refractivity contribution in [1.29, 1.82) is 0 Å². The van der Waals surface area contributed by atoms with Crippen molar-refractivity contribution in [3.8, 4) is 0 Å². The van der Waals surface area contributed by atoms with E-state index in [-0.39, 0.29) is 12.8 Å². The summed E-state index contributed by atoms with van der Waals surface area (Å²) < 4.78 is 40.7. The van der Waals surface area contributed by atoms with Crippen LogP contribution in [0.1, 0.15) is 49.7 Å². The summed E-state index contributed by atoms with van der Waals surface area (Å²) in [5, 5.41) is 14.9. The first kappa shape index (κ1) is 17.3. The van der Waals surface area contributed by atoms with E-state index in [4.69, 9.17) is 5.11 Å². The molecule has 0 unspecified atom stereocenters. The van der Waals surface area contributed by atoms with E-state index in [9.17, 15) is 22.8 Å². The third-order valence-electron chi connectivity index (χ3n) is 3.74. The van der Waals surface area contributed by atoms with Crippen LogP contribution < -0.4 is 5.32 Å².